The molecule has 0 aliphatic carbocycles. The van der Waals surface area contributed by atoms with Gasteiger partial charge in [-0.25, -0.2) is 0 Å². The van der Waals surface area contributed by atoms with Gasteiger partial charge in [0.1, 0.15) is 5.82 Å². The van der Waals surface area contributed by atoms with Crippen LogP contribution in [0.2, 0.25) is 0 Å². The third kappa shape index (κ3) is 3.71. The average molecular weight is 415 g/mol. The van der Waals surface area contributed by atoms with Crippen LogP contribution >= 0.6 is 0 Å². The van der Waals surface area contributed by atoms with Gasteiger partial charge in [-0.15, -0.1) is 10.2 Å². The van der Waals surface area contributed by atoms with Gasteiger partial charge in [-0.1, -0.05) is 48.0 Å². The van der Waals surface area contributed by atoms with Crippen LogP contribution in [0.15, 0.2) is 54.6 Å². The Bertz CT molecular complexity index is 1110. The average Bonchev–Trinajstić information content (AvgIpc) is 3.42. The number of aryl methyl sites for hydroxylation is 1. The SMILES string of the molecule is Cc1ccc(C(=O)N2C[C@@H]3CCn4c(C(=O)NCc5ccccc5)nnc4[C@@H]3C2)cc1. The molecule has 0 radical (unpaired) electrons. The minimum absolute atomic E-state index is 0.0568. The second-order valence-electron chi connectivity index (χ2n) is 8.43. The normalized spacial score (nSPS) is 19.6. The Hall–Kier alpha value is -3.48. The number of nitrogens with one attached hydrogen (secondary N) is 1. The van der Waals surface area contributed by atoms with Gasteiger partial charge in [0.25, 0.3) is 11.8 Å². The van der Waals surface area contributed by atoms with E-state index in [4.69, 9.17) is 0 Å². The summed E-state index contributed by atoms with van der Waals surface area (Å²) >= 11 is 0. The molecule has 5 rings (SSSR count). The Labute approximate surface area is 181 Å². The van der Waals surface area contributed by atoms with E-state index in [0.717, 1.165) is 29.9 Å². The van der Waals surface area contributed by atoms with Crippen molar-refractivity contribution < 1.29 is 9.59 Å². The zero-order valence-electron chi connectivity index (χ0n) is 17.5. The summed E-state index contributed by atoms with van der Waals surface area (Å²) < 4.78 is 1.93. The maximum absolute atomic E-state index is 13.0. The van der Waals surface area contributed by atoms with E-state index in [-0.39, 0.29) is 17.7 Å². The van der Waals surface area contributed by atoms with Gasteiger partial charge < -0.3 is 14.8 Å². The number of carbonyl (C=O) groups is 2. The van der Waals surface area contributed by atoms with E-state index in [0.29, 0.717) is 36.9 Å². The van der Waals surface area contributed by atoms with Crippen LogP contribution < -0.4 is 5.32 Å². The number of fused-ring (bicyclic) bond motifs is 3. The number of benzene rings is 2. The predicted octanol–water partition coefficient (Wildman–Crippen LogP) is 2.78. The van der Waals surface area contributed by atoms with Crippen LogP contribution in [-0.2, 0) is 13.1 Å². The van der Waals surface area contributed by atoms with Crippen molar-refractivity contribution in [2.75, 3.05) is 13.1 Å². The van der Waals surface area contributed by atoms with Gasteiger partial charge in [-0.2, -0.15) is 0 Å². The number of hydrogen-bond acceptors (Lipinski definition) is 4. The van der Waals surface area contributed by atoms with Crippen molar-refractivity contribution in [2.24, 2.45) is 5.92 Å². The number of likely N-dealkylation sites (tertiary alicyclic amines) is 1. The summed E-state index contributed by atoms with van der Waals surface area (Å²) in [6.45, 7) is 4.50. The van der Waals surface area contributed by atoms with Crippen molar-refractivity contribution >= 4 is 11.8 Å². The highest BCUT2D eigenvalue weighted by atomic mass is 16.2. The van der Waals surface area contributed by atoms with Crippen LogP contribution in [0.5, 0.6) is 0 Å². The molecule has 3 aromatic rings. The van der Waals surface area contributed by atoms with Crippen LogP contribution in [0.1, 0.15) is 50.3 Å². The van der Waals surface area contributed by atoms with Crippen molar-refractivity contribution in [1.82, 2.24) is 25.0 Å². The monoisotopic (exact) mass is 415 g/mol. The fraction of sp³-hybridized carbons (Fsp3) is 0.333. The van der Waals surface area contributed by atoms with E-state index in [9.17, 15) is 9.59 Å². The first-order valence-corrected chi connectivity index (χ1v) is 10.7. The fourth-order valence-corrected chi connectivity index (χ4v) is 4.63. The second-order valence-corrected chi connectivity index (χ2v) is 8.43. The first-order chi connectivity index (χ1) is 15.1. The van der Waals surface area contributed by atoms with Gasteiger partial charge in [0.2, 0.25) is 5.82 Å². The fourth-order valence-electron chi connectivity index (χ4n) is 4.63. The summed E-state index contributed by atoms with van der Waals surface area (Å²) in [5.74, 6) is 1.48. The van der Waals surface area contributed by atoms with Crippen LogP contribution in [0.3, 0.4) is 0 Å². The number of carbonyl (C=O) groups excluding carboxylic acids is 2. The molecule has 2 amide bonds. The number of amides is 2. The molecular weight excluding hydrogens is 390 g/mol. The third-order valence-electron chi connectivity index (χ3n) is 6.36. The molecule has 0 unspecified atom stereocenters. The van der Waals surface area contributed by atoms with E-state index >= 15 is 0 Å². The van der Waals surface area contributed by atoms with Gasteiger partial charge in [0.15, 0.2) is 0 Å². The number of aromatic nitrogens is 3. The molecule has 2 atom stereocenters. The lowest BCUT2D eigenvalue weighted by molar-refractivity contribution is 0.0785. The molecule has 1 fully saturated rings. The van der Waals surface area contributed by atoms with Crippen molar-refractivity contribution in [3.05, 3.63) is 82.9 Å². The molecule has 158 valence electrons. The van der Waals surface area contributed by atoms with E-state index in [2.05, 4.69) is 15.5 Å². The molecule has 2 aromatic carbocycles. The molecule has 0 spiro atoms. The second kappa shape index (κ2) is 7.98. The minimum atomic E-state index is -0.216. The van der Waals surface area contributed by atoms with Crippen molar-refractivity contribution in [1.29, 1.82) is 0 Å². The zero-order chi connectivity index (χ0) is 21.4. The Balaban J connectivity index is 1.30. The highest BCUT2D eigenvalue weighted by Crippen LogP contribution is 2.38. The summed E-state index contributed by atoms with van der Waals surface area (Å²) in [6, 6.07) is 17.5. The summed E-state index contributed by atoms with van der Waals surface area (Å²) in [4.78, 5) is 27.6. The summed E-state index contributed by atoms with van der Waals surface area (Å²) in [6.07, 6.45) is 0.909. The zero-order valence-corrected chi connectivity index (χ0v) is 17.5. The van der Waals surface area contributed by atoms with Gasteiger partial charge in [0, 0.05) is 37.7 Å². The lowest BCUT2D eigenvalue weighted by Gasteiger charge is -2.24. The Morgan fingerprint density at radius 1 is 1.03 bits per heavy atom. The molecule has 2 aliphatic heterocycles. The van der Waals surface area contributed by atoms with E-state index < -0.39 is 0 Å². The highest BCUT2D eigenvalue weighted by molar-refractivity contribution is 5.94. The van der Waals surface area contributed by atoms with Crippen LogP contribution in [0, 0.1) is 12.8 Å². The van der Waals surface area contributed by atoms with Crippen LogP contribution in [0.4, 0.5) is 0 Å². The maximum atomic E-state index is 13.0. The Morgan fingerprint density at radius 3 is 2.58 bits per heavy atom. The molecular formula is C24H25N5O2. The van der Waals surface area contributed by atoms with Gasteiger partial charge in [-0.05, 0) is 37.0 Å². The van der Waals surface area contributed by atoms with E-state index in [1.54, 1.807) is 0 Å². The molecule has 31 heavy (non-hydrogen) atoms. The predicted molar refractivity (Wildman–Crippen MR) is 116 cm³/mol. The first kappa shape index (κ1) is 19.5. The van der Waals surface area contributed by atoms with Gasteiger partial charge in [-0.3, -0.25) is 9.59 Å². The van der Waals surface area contributed by atoms with Gasteiger partial charge >= 0.3 is 0 Å². The smallest absolute Gasteiger partial charge is 0.289 e. The summed E-state index contributed by atoms with van der Waals surface area (Å²) in [5, 5.41) is 11.5. The highest BCUT2D eigenvalue weighted by Gasteiger charge is 2.42. The lowest BCUT2D eigenvalue weighted by atomic mass is 9.89. The quantitative estimate of drug-likeness (QED) is 0.711. The molecule has 2 aliphatic rings. The Morgan fingerprint density at radius 2 is 1.81 bits per heavy atom. The largest absolute Gasteiger partial charge is 0.345 e. The molecule has 3 heterocycles. The summed E-state index contributed by atoms with van der Waals surface area (Å²) in [5.41, 5.74) is 2.89. The molecule has 1 aromatic heterocycles. The topological polar surface area (TPSA) is 80.1 Å². The summed E-state index contributed by atoms with van der Waals surface area (Å²) in [7, 11) is 0. The van der Waals surface area contributed by atoms with Gasteiger partial charge in [0.05, 0.1) is 0 Å². The third-order valence-corrected chi connectivity index (χ3v) is 6.36. The molecule has 1 saturated heterocycles. The number of nitrogens with zero attached hydrogens (tertiary/aromatic N) is 4. The standard InChI is InChI=1S/C24H25N5O2/c1-16-7-9-18(10-8-16)24(31)28-14-19-11-12-29-21(20(19)15-28)26-27-22(29)23(30)25-13-17-5-3-2-4-6-17/h2-10,19-20H,11-15H2,1H3,(H,25,30)/t19-,20+/m0/s1. The lowest BCUT2D eigenvalue weighted by Crippen LogP contribution is -2.30. The molecule has 1 N–H and O–H groups in total. The van der Waals surface area contributed by atoms with Crippen molar-refractivity contribution in [3.63, 3.8) is 0 Å². The minimum Gasteiger partial charge on any atom is -0.345 e. The maximum Gasteiger partial charge on any atom is 0.289 e. The molecule has 0 saturated carbocycles. The molecule has 7 heteroatoms. The first-order valence-electron chi connectivity index (χ1n) is 10.7. The van der Waals surface area contributed by atoms with Crippen LogP contribution in [-0.4, -0.2) is 44.6 Å². The van der Waals surface area contributed by atoms with E-state index in [1.165, 1.54) is 0 Å². The molecule has 7 nitrogen and oxygen atoms in total. The van der Waals surface area contributed by atoms with Crippen molar-refractivity contribution in [3.8, 4) is 0 Å². The van der Waals surface area contributed by atoms with Crippen LogP contribution in [0.25, 0.3) is 0 Å². The number of hydrogen-bond donors (Lipinski definition) is 1. The Kier molecular flexibility index (Phi) is 5.02. The van der Waals surface area contributed by atoms with Crippen molar-refractivity contribution in [2.45, 2.75) is 32.4 Å². The number of rotatable bonds is 4. The molecule has 0 bridgehead atoms. The van der Waals surface area contributed by atoms with E-state index in [1.807, 2.05) is 71.0 Å².